The van der Waals surface area contributed by atoms with E-state index in [1.165, 1.54) is 0 Å². The molecule has 2 aliphatic heterocycles. The molecule has 5 nitrogen and oxygen atoms in total. The van der Waals surface area contributed by atoms with Crippen LogP contribution in [0.4, 0.5) is 0 Å². The fourth-order valence-corrected chi connectivity index (χ4v) is 1.49. The molecule has 0 amide bonds. The topological polar surface area (TPSA) is 83.0 Å². The minimum atomic E-state index is -1.38. The van der Waals surface area contributed by atoms with E-state index in [2.05, 4.69) is 9.97 Å². The zero-order valence-corrected chi connectivity index (χ0v) is 8.43. The van der Waals surface area contributed by atoms with Crippen molar-refractivity contribution in [1.29, 1.82) is 0 Å². The van der Waals surface area contributed by atoms with E-state index in [1.807, 2.05) is 6.07 Å². The van der Waals surface area contributed by atoms with Crippen molar-refractivity contribution < 1.29 is 14.7 Å². The lowest BCUT2D eigenvalue weighted by Gasteiger charge is -2.03. The fourth-order valence-electron chi connectivity index (χ4n) is 1.49. The Morgan fingerprint density at radius 3 is 2.81 bits per heavy atom. The van der Waals surface area contributed by atoms with E-state index in [0.717, 1.165) is 16.8 Å². The maximum Gasteiger partial charge on any atom is 0.372 e. The van der Waals surface area contributed by atoms with E-state index < -0.39 is 11.8 Å². The number of aromatic amines is 1. The first kappa shape index (κ1) is 10.4. The molecular weight excluding hydrogens is 208 g/mol. The van der Waals surface area contributed by atoms with Crippen molar-refractivity contribution in [3.63, 3.8) is 0 Å². The van der Waals surface area contributed by atoms with Crippen LogP contribution in [0.3, 0.4) is 0 Å². The van der Waals surface area contributed by atoms with Gasteiger partial charge in [-0.25, -0.2) is 4.79 Å². The average molecular weight is 218 g/mol. The van der Waals surface area contributed by atoms with Gasteiger partial charge in [-0.3, -0.25) is 9.78 Å². The number of carboxylic acids is 1. The zero-order valence-electron chi connectivity index (χ0n) is 8.43. The lowest BCUT2D eigenvalue weighted by atomic mass is 10.1. The summed E-state index contributed by atoms with van der Waals surface area (Å²) in [5.74, 6) is -2.15. The van der Waals surface area contributed by atoms with Gasteiger partial charge in [0.15, 0.2) is 0 Å². The third-order valence-corrected chi connectivity index (χ3v) is 2.36. The van der Waals surface area contributed by atoms with Crippen molar-refractivity contribution in [2.24, 2.45) is 0 Å². The number of pyridine rings is 1. The summed E-state index contributed by atoms with van der Waals surface area (Å²) in [4.78, 5) is 28.2. The largest absolute Gasteiger partial charge is 0.476 e. The van der Waals surface area contributed by atoms with E-state index in [-0.39, 0.29) is 6.42 Å². The molecule has 16 heavy (non-hydrogen) atoms. The highest BCUT2D eigenvalue weighted by molar-refractivity contribution is 6.32. The molecule has 0 atom stereocenters. The molecule has 0 spiro atoms. The molecule has 0 fully saturated rings. The number of carbonyl (C=O) groups is 2. The van der Waals surface area contributed by atoms with Gasteiger partial charge in [-0.15, -0.1) is 0 Å². The third kappa shape index (κ3) is 2.08. The number of Topliss-reactive ketones (excluding diaryl/α,β-unsaturated/α-hetero) is 1. The molecule has 5 heteroatoms. The van der Waals surface area contributed by atoms with E-state index in [9.17, 15) is 9.59 Å². The first-order valence-electron chi connectivity index (χ1n) is 4.84. The highest BCUT2D eigenvalue weighted by Gasteiger charge is 2.12. The van der Waals surface area contributed by atoms with Gasteiger partial charge >= 0.3 is 5.97 Å². The van der Waals surface area contributed by atoms with Crippen molar-refractivity contribution in [3.05, 3.63) is 30.4 Å². The van der Waals surface area contributed by atoms with Crippen LogP contribution in [0.5, 0.6) is 0 Å². The summed E-state index contributed by atoms with van der Waals surface area (Å²) < 4.78 is 0. The SMILES string of the molecule is O=C(O)C(=O)CCc1cc2cncc-2c[nH]1. The zero-order chi connectivity index (χ0) is 11.5. The van der Waals surface area contributed by atoms with Gasteiger partial charge in [0.25, 0.3) is 0 Å². The molecule has 2 N–H and O–H groups in total. The van der Waals surface area contributed by atoms with E-state index in [0.29, 0.717) is 6.42 Å². The Morgan fingerprint density at radius 1 is 1.31 bits per heavy atom. The summed E-state index contributed by atoms with van der Waals surface area (Å²) in [5.41, 5.74) is 2.81. The number of carbonyl (C=O) groups excluding carboxylic acids is 1. The molecule has 2 aliphatic rings. The number of fused-ring (bicyclic) bond motifs is 1. The molecular formula is C11H10N2O3. The second-order valence-corrected chi connectivity index (χ2v) is 3.50. The first-order chi connectivity index (χ1) is 7.66. The number of aryl methyl sites for hydroxylation is 1. The summed E-state index contributed by atoms with van der Waals surface area (Å²) in [6.45, 7) is 0. The molecule has 0 aromatic carbocycles. The summed E-state index contributed by atoms with van der Waals surface area (Å²) >= 11 is 0. The quantitative estimate of drug-likeness (QED) is 0.753. The van der Waals surface area contributed by atoms with E-state index in [1.54, 1.807) is 18.6 Å². The van der Waals surface area contributed by atoms with Crippen LogP contribution in [0.2, 0.25) is 0 Å². The lowest BCUT2D eigenvalue weighted by Crippen LogP contribution is -2.13. The highest BCUT2D eigenvalue weighted by Crippen LogP contribution is 2.20. The summed E-state index contributed by atoms with van der Waals surface area (Å²) in [6.07, 6.45) is 5.66. The molecule has 2 rings (SSSR count). The van der Waals surface area contributed by atoms with Crippen LogP contribution < -0.4 is 0 Å². The van der Waals surface area contributed by atoms with E-state index in [4.69, 9.17) is 5.11 Å². The second-order valence-electron chi connectivity index (χ2n) is 3.50. The first-order valence-corrected chi connectivity index (χ1v) is 4.84. The number of carboxylic acid groups (broad SMARTS) is 1. The van der Waals surface area contributed by atoms with Gasteiger partial charge in [-0.2, -0.15) is 0 Å². The predicted molar refractivity (Wildman–Crippen MR) is 56.2 cm³/mol. The lowest BCUT2D eigenvalue weighted by molar-refractivity contribution is -0.149. The van der Waals surface area contributed by atoms with Crippen molar-refractivity contribution in [3.8, 4) is 11.1 Å². The monoisotopic (exact) mass is 218 g/mol. The molecule has 0 saturated heterocycles. The maximum absolute atomic E-state index is 10.9. The van der Waals surface area contributed by atoms with Crippen molar-refractivity contribution >= 4 is 11.8 Å². The smallest absolute Gasteiger partial charge is 0.372 e. The number of nitrogens with zero attached hydrogens (tertiary/aromatic N) is 1. The number of hydrogen-bond donors (Lipinski definition) is 2. The van der Waals surface area contributed by atoms with Crippen LogP contribution in [-0.4, -0.2) is 26.8 Å². The number of aliphatic carboxylic acids is 1. The Kier molecular flexibility index (Phi) is 2.68. The number of H-pyrrole nitrogens is 1. The molecule has 0 bridgehead atoms. The molecule has 0 radical (unpaired) electrons. The minimum absolute atomic E-state index is 0.00543. The molecule has 0 unspecified atom stereocenters. The van der Waals surface area contributed by atoms with Gasteiger partial charge < -0.3 is 10.1 Å². The van der Waals surface area contributed by atoms with Crippen LogP contribution in [0, 0.1) is 0 Å². The van der Waals surface area contributed by atoms with Gasteiger partial charge in [-0.05, 0) is 12.5 Å². The molecule has 0 aromatic rings. The van der Waals surface area contributed by atoms with Crippen LogP contribution >= 0.6 is 0 Å². The van der Waals surface area contributed by atoms with Gasteiger partial charge in [0.05, 0.1) is 0 Å². The van der Waals surface area contributed by atoms with Crippen molar-refractivity contribution in [2.45, 2.75) is 12.8 Å². The minimum Gasteiger partial charge on any atom is -0.476 e. The normalized spacial score (nSPS) is 10.5. The third-order valence-electron chi connectivity index (χ3n) is 2.36. The molecule has 2 heterocycles. The highest BCUT2D eigenvalue weighted by atomic mass is 16.4. The van der Waals surface area contributed by atoms with Crippen LogP contribution in [0.25, 0.3) is 11.1 Å². The number of hydrogen-bond acceptors (Lipinski definition) is 3. The second kappa shape index (κ2) is 4.14. The van der Waals surface area contributed by atoms with Crippen LogP contribution in [-0.2, 0) is 16.0 Å². The molecule has 0 saturated carbocycles. The summed E-state index contributed by atoms with van der Waals surface area (Å²) in [5, 5.41) is 8.43. The van der Waals surface area contributed by atoms with Gasteiger partial charge in [0.2, 0.25) is 5.78 Å². The number of nitrogens with one attached hydrogen (secondary N) is 1. The van der Waals surface area contributed by atoms with Gasteiger partial charge in [0.1, 0.15) is 0 Å². The molecule has 82 valence electrons. The summed E-state index contributed by atoms with van der Waals surface area (Å²) in [7, 11) is 0. The standard InChI is InChI=1S/C11H10N2O3/c14-10(11(15)16)2-1-9-3-7-4-12-5-8(7)6-13-9/h3-6,13H,1-2H2,(H,15,16). The number of aromatic nitrogens is 2. The van der Waals surface area contributed by atoms with Gasteiger partial charge in [0, 0.05) is 41.8 Å². The Labute approximate surface area is 91.5 Å². The Balaban J connectivity index is 2.08. The Morgan fingerprint density at radius 2 is 2.06 bits per heavy atom. The molecule has 0 aliphatic carbocycles. The average Bonchev–Trinajstić information content (AvgIpc) is 2.72. The van der Waals surface area contributed by atoms with Crippen molar-refractivity contribution in [2.75, 3.05) is 0 Å². The van der Waals surface area contributed by atoms with Crippen LogP contribution in [0.1, 0.15) is 12.1 Å². The van der Waals surface area contributed by atoms with E-state index >= 15 is 0 Å². The predicted octanol–water partition coefficient (Wildman–Crippen LogP) is 1.10. The van der Waals surface area contributed by atoms with Gasteiger partial charge in [-0.1, -0.05) is 0 Å². The number of rotatable bonds is 4. The Bertz CT molecular complexity index is 504. The van der Waals surface area contributed by atoms with Crippen molar-refractivity contribution in [1.82, 2.24) is 9.97 Å². The Hall–Kier alpha value is -2.17. The maximum atomic E-state index is 10.9. The molecule has 0 aromatic heterocycles. The van der Waals surface area contributed by atoms with Crippen LogP contribution in [0.15, 0.2) is 24.7 Å². The number of ketones is 1. The fraction of sp³-hybridized carbons (Fsp3) is 0.182. The summed E-state index contributed by atoms with van der Waals surface area (Å²) in [6, 6.07) is 1.87.